The highest BCUT2D eigenvalue weighted by molar-refractivity contribution is 7.92. The molecule has 1 aromatic heterocycles. The van der Waals surface area contributed by atoms with Gasteiger partial charge in [0.15, 0.2) is 5.03 Å². The molecule has 1 aromatic carbocycles. The number of anilines is 1. The molecule has 0 unspecified atom stereocenters. The van der Waals surface area contributed by atoms with Crippen LogP contribution < -0.4 is 4.72 Å². The number of carboxylic acid groups (broad SMARTS) is 1. The van der Waals surface area contributed by atoms with E-state index in [0.717, 1.165) is 4.68 Å². The number of carboxylic acids is 1. The third-order valence-corrected chi connectivity index (χ3v) is 4.66. The molecule has 1 heterocycles. The van der Waals surface area contributed by atoms with Crippen molar-refractivity contribution in [3.05, 3.63) is 40.0 Å². The van der Waals surface area contributed by atoms with Crippen molar-refractivity contribution < 1.29 is 18.3 Å². The van der Waals surface area contributed by atoms with Crippen molar-refractivity contribution in [1.29, 1.82) is 0 Å². The fraction of sp³-hybridized carbons (Fsp3) is 0.0909. The molecule has 0 bridgehead atoms. The third-order valence-electron chi connectivity index (χ3n) is 2.55. The summed E-state index contributed by atoms with van der Waals surface area (Å²) in [6, 6.07) is 3.75. The van der Waals surface area contributed by atoms with E-state index >= 15 is 0 Å². The Balaban J connectivity index is 2.51. The van der Waals surface area contributed by atoms with Crippen molar-refractivity contribution in [3.63, 3.8) is 0 Å². The van der Waals surface area contributed by atoms with Gasteiger partial charge in [-0.1, -0.05) is 23.2 Å². The standard InChI is InChI=1S/C11H9Cl2N3O4S/c1-16-10(8(13)5-14-16)21(19,20)15-9-4-6(12)2-3-7(9)11(17)18/h2-5,15H,1H3,(H,17,18). The van der Waals surface area contributed by atoms with E-state index in [1.165, 1.54) is 31.4 Å². The van der Waals surface area contributed by atoms with Gasteiger partial charge in [-0.15, -0.1) is 0 Å². The number of hydrogen-bond donors (Lipinski definition) is 2. The lowest BCUT2D eigenvalue weighted by Crippen LogP contribution is -2.19. The van der Waals surface area contributed by atoms with Crippen molar-refractivity contribution in [2.24, 2.45) is 7.05 Å². The van der Waals surface area contributed by atoms with Gasteiger partial charge in [-0.25, -0.2) is 4.79 Å². The number of carbonyl (C=O) groups is 1. The number of aryl methyl sites for hydroxylation is 1. The smallest absolute Gasteiger partial charge is 0.337 e. The summed E-state index contributed by atoms with van der Waals surface area (Å²) < 4.78 is 27.8. The lowest BCUT2D eigenvalue weighted by atomic mass is 10.2. The maximum Gasteiger partial charge on any atom is 0.337 e. The van der Waals surface area contributed by atoms with Crippen LogP contribution in [0.3, 0.4) is 0 Å². The van der Waals surface area contributed by atoms with Crippen LogP contribution in [0, 0.1) is 0 Å². The van der Waals surface area contributed by atoms with Crippen LogP contribution in [0.1, 0.15) is 10.4 Å². The van der Waals surface area contributed by atoms with Crippen LogP contribution in [0.25, 0.3) is 0 Å². The summed E-state index contributed by atoms with van der Waals surface area (Å²) in [6.07, 6.45) is 1.17. The highest BCUT2D eigenvalue weighted by Gasteiger charge is 2.25. The molecule has 0 saturated heterocycles. The van der Waals surface area contributed by atoms with Crippen LogP contribution in [0.2, 0.25) is 10.0 Å². The van der Waals surface area contributed by atoms with E-state index < -0.39 is 16.0 Å². The molecule has 0 aliphatic rings. The molecule has 0 radical (unpaired) electrons. The number of nitrogens with one attached hydrogen (secondary N) is 1. The Kier molecular flexibility index (Phi) is 4.13. The molecule has 10 heteroatoms. The summed E-state index contributed by atoms with van der Waals surface area (Å²) in [5.41, 5.74) is -0.395. The van der Waals surface area contributed by atoms with E-state index in [1.807, 2.05) is 0 Å². The molecule has 0 amide bonds. The SMILES string of the molecule is Cn1ncc(Cl)c1S(=O)(=O)Nc1cc(Cl)ccc1C(=O)O. The van der Waals surface area contributed by atoms with E-state index in [0.29, 0.717) is 0 Å². The molecule has 0 aliphatic carbocycles. The van der Waals surface area contributed by atoms with Crippen molar-refractivity contribution in [3.8, 4) is 0 Å². The number of sulfonamides is 1. The quantitative estimate of drug-likeness (QED) is 0.881. The zero-order valence-corrected chi connectivity index (χ0v) is 12.9. The average Bonchev–Trinajstić information content (AvgIpc) is 2.68. The van der Waals surface area contributed by atoms with Gasteiger partial charge in [0.05, 0.1) is 22.5 Å². The summed E-state index contributed by atoms with van der Waals surface area (Å²) >= 11 is 11.6. The summed E-state index contributed by atoms with van der Waals surface area (Å²) in [6.45, 7) is 0. The Morgan fingerprint density at radius 1 is 1.38 bits per heavy atom. The van der Waals surface area contributed by atoms with E-state index in [1.54, 1.807) is 0 Å². The number of benzene rings is 1. The predicted octanol–water partition coefficient (Wildman–Crippen LogP) is 2.23. The molecule has 2 rings (SSSR count). The first kappa shape index (κ1) is 15.6. The number of nitrogens with zero attached hydrogens (tertiary/aromatic N) is 2. The van der Waals surface area contributed by atoms with Crippen LogP contribution in [0.5, 0.6) is 0 Å². The van der Waals surface area contributed by atoms with Crippen molar-refractivity contribution >= 4 is 44.9 Å². The second kappa shape index (κ2) is 5.55. The topological polar surface area (TPSA) is 101 Å². The van der Waals surface area contributed by atoms with Gasteiger partial charge in [0.25, 0.3) is 10.0 Å². The molecule has 2 aromatic rings. The van der Waals surface area contributed by atoms with Gasteiger partial charge in [0, 0.05) is 12.1 Å². The third kappa shape index (κ3) is 3.12. The molecule has 112 valence electrons. The number of halogens is 2. The second-order valence-corrected chi connectivity index (χ2v) is 6.46. The largest absolute Gasteiger partial charge is 0.478 e. The molecular weight excluding hydrogens is 341 g/mol. The zero-order chi connectivity index (χ0) is 15.8. The Morgan fingerprint density at radius 3 is 2.57 bits per heavy atom. The van der Waals surface area contributed by atoms with E-state index in [4.69, 9.17) is 28.3 Å². The van der Waals surface area contributed by atoms with Gasteiger partial charge >= 0.3 is 5.97 Å². The van der Waals surface area contributed by atoms with Crippen LogP contribution in [0.15, 0.2) is 29.4 Å². The fourth-order valence-corrected chi connectivity index (χ4v) is 3.58. The Bertz CT molecular complexity index is 797. The summed E-state index contributed by atoms with van der Waals surface area (Å²) in [5.74, 6) is -1.29. The number of aromatic carboxylic acids is 1. The van der Waals surface area contributed by atoms with Gasteiger partial charge < -0.3 is 5.11 Å². The van der Waals surface area contributed by atoms with Gasteiger partial charge in [-0.05, 0) is 18.2 Å². The Labute approximate surface area is 130 Å². The number of hydrogen-bond acceptors (Lipinski definition) is 4. The summed E-state index contributed by atoms with van der Waals surface area (Å²) in [4.78, 5) is 11.1. The van der Waals surface area contributed by atoms with Crippen molar-refractivity contribution in [1.82, 2.24) is 9.78 Å². The van der Waals surface area contributed by atoms with Crippen molar-refractivity contribution in [2.75, 3.05) is 4.72 Å². The van der Waals surface area contributed by atoms with E-state index in [-0.39, 0.29) is 26.3 Å². The summed E-state index contributed by atoms with van der Waals surface area (Å²) in [7, 11) is -2.71. The highest BCUT2D eigenvalue weighted by atomic mass is 35.5. The molecule has 0 fully saturated rings. The van der Waals surface area contributed by atoms with Crippen molar-refractivity contribution in [2.45, 2.75) is 5.03 Å². The first-order valence-electron chi connectivity index (χ1n) is 5.45. The molecule has 0 saturated carbocycles. The van der Waals surface area contributed by atoms with Crippen LogP contribution in [0.4, 0.5) is 5.69 Å². The lowest BCUT2D eigenvalue weighted by Gasteiger charge is -2.11. The van der Waals surface area contributed by atoms with E-state index in [9.17, 15) is 13.2 Å². The molecule has 0 atom stereocenters. The Hall–Kier alpha value is -1.77. The van der Waals surface area contributed by atoms with Gasteiger partial charge in [0.1, 0.15) is 0 Å². The summed E-state index contributed by atoms with van der Waals surface area (Å²) in [5, 5.41) is 12.6. The molecule has 2 N–H and O–H groups in total. The zero-order valence-electron chi connectivity index (χ0n) is 10.5. The minimum atomic E-state index is -4.11. The van der Waals surface area contributed by atoms with E-state index in [2.05, 4.69) is 9.82 Å². The molecule has 0 spiro atoms. The van der Waals surface area contributed by atoms with Gasteiger partial charge in [0.2, 0.25) is 0 Å². The first-order valence-corrected chi connectivity index (χ1v) is 7.69. The van der Waals surface area contributed by atoms with Gasteiger partial charge in [-0.3, -0.25) is 9.40 Å². The number of rotatable bonds is 4. The fourth-order valence-electron chi connectivity index (χ4n) is 1.68. The molecule has 7 nitrogen and oxygen atoms in total. The number of aromatic nitrogens is 2. The van der Waals surface area contributed by atoms with Crippen LogP contribution >= 0.6 is 23.2 Å². The second-order valence-electron chi connectivity index (χ2n) is 4.02. The highest BCUT2D eigenvalue weighted by Crippen LogP contribution is 2.26. The molecular formula is C11H9Cl2N3O4S. The minimum absolute atomic E-state index is 0.0797. The predicted molar refractivity (Wildman–Crippen MR) is 77.4 cm³/mol. The maximum atomic E-state index is 12.3. The van der Waals surface area contributed by atoms with Crippen LogP contribution in [-0.2, 0) is 17.1 Å². The normalized spacial score (nSPS) is 11.4. The molecule has 21 heavy (non-hydrogen) atoms. The maximum absolute atomic E-state index is 12.3. The lowest BCUT2D eigenvalue weighted by molar-refractivity contribution is 0.0698. The Morgan fingerprint density at radius 2 is 2.05 bits per heavy atom. The minimum Gasteiger partial charge on any atom is -0.478 e. The first-order chi connectivity index (χ1) is 9.72. The van der Waals surface area contributed by atoms with Gasteiger partial charge in [-0.2, -0.15) is 13.5 Å². The van der Waals surface area contributed by atoms with Crippen LogP contribution in [-0.4, -0.2) is 29.3 Å². The molecule has 0 aliphatic heterocycles. The monoisotopic (exact) mass is 349 g/mol. The average molecular weight is 350 g/mol.